The van der Waals surface area contributed by atoms with Crippen molar-refractivity contribution in [2.24, 2.45) is 0 Å². The first-order chi connectivity index (χ1) is 12.4. The first kappa shape index (κ1) is 26.8. The molecule has 0 aliphatic carbocycles. The van der Waals surface area contributed by atoms with E-state index in [-0.39, 0.29) is 16.6 Å². The fourth-order valence-corrected chi connectivity index (χ4v) is 9.29. The van der Waals surface area contributed by atoms with E-state index in [0.717, 1.165) is 0 Å². The van der Waals surface area contributed by atoms with Gasteiger partial charge in [-0.15, -0.1) is 0 Å². The highest BCUT2D eigenvalue weighted by Gasteiger charge is 2.53. The smallest absolute Gasteiger partial charge is 0.408 e. The van der Waals surface area contributed by atoms with Crippen LogP contribution in [0, 0.1) is 0 Å². The van der Waals surface area contributed by atoms with E-state index in [1.54, 1.807) is 20.8 Å². The Balaban J connectivity index is 6.09. The van der Waals surface area contributed by atoms with Crippen molar-refractivity contribution >= 4 is 20.4 Å². The lowest BCUT2D eigenvalue weighted by atomic mass is 10.1. The van der Waals surface area contributed by atoms with Crippen LogP contribution in [0.5, 0.6) is 0 Å². The minimum absolute atomic E-state index is 0.0120. The second-order valence-corrected chi connectivity index (χ2v) is 14.7. The Morgan fingerprint density at radius 3 is 1.57 bits per heavy atom. The van der Waals surface area contributed by atoms with Crippen molar-refractivity contribution in [2.75, 3.05) is 0 Å². The molecule has 0 bridgehead atoms. The van der Waals surface area contributed by atoms with Crippen LogP contribution in [0.15, 0.2) is 0 Å². The van der Waals surface area contributed by atoms with Crippen molar-refractivity contribution < 1.29 is 32.6 Å². The molecule has 0 aromatic heterocycles. The van der Waals surface area contributed by atoms with Gasteiger partial charge >= 0.3 is 12.1 Å². The van der Waals surface area contributed by atoms with E-state index in [0.29, 0.717) is 6.92 Å². The number of carboxylic acid groups (broad SMARTS) is 1. The minimum Gasteiger partial charge on any atom is -0.479 e. The number of hydrogen-bond acceptors (Lipinski definition) is 4. The van der Waals surface area contributed by atoms with Crippen LogP contribution in [0.3, 0.4) is 0 Å². The fraction of sp³-hybridized carbons (Fsp3) is 0.895. The SMILES string of the molecule is CC(C)[Si](O[C@@H](C(=O)O)[C@@H](NC(=O)OC(C)(C)C)C(C)(F)F)(C(C)C)C(C)C. The molecule has 0 rings (SSSR count). The third-order valence-electron chi connectivity index (χ3n) is 4.80. The second-order valence-electron chi connectivity index (χ2n) is 9.27. The Kier molecular flexibility index (Phi) is 9.10. The topological polar surface area (TPSA) is 84.9 Å². The van der Waals surface area contributed by atoms with Crippen molar-refractivity contribution in [3.05, 3.63) is 0 Å². The van der Waals surface area contributed by atoms with Crippen LogP contribution >= 0.6 is 0 Å². The summed E-state index contributed by atoms with van der Waals surface area (Å²) < 4.78 is 39.9. The molecule has 0 saturated carbocycles. The van der Waals surface area contributed by atoms with E-state index in [2.05, 4.69) is 0 Å². The van der Waals surface area contributed by atoms with Gasteiger partial charge in [0.1, 0.15) is 11.6 Å². The van der Waals surface area contributed by atoms with Crippen LogP contribution in [0.4, 0.5) is 13.6 Å². The summed E-state index contributed by atoms with van der Waals surface area (Å²) in [7, 11) is -2.80. The molecule has 28 heavy (non-hydrogen) atoms. The Hall–Kier alpha value is -1.22. The standard InChI is InChI=1S/C19H37F2NO5Si/c1-11(2)28(12(3)4,13(5)6)27-14(16(23)24)15(19(10,20)21)22-17(25)26-18(7,8)9/h11-15H,1-10H3,(H,22,25)(H,23,24)/t14-,15-/m1/s1. The van der Waals surface area contributed by atoms with E-state index in [1.165, 1.54) is 0 Å². The van der Waals surface area contributed by atoms with Gasteiger partial charge in [0.2, 0.25) is 8.32 Å². The third kappa shape index (κ3) is 6.99. The van der Waals surface area contributed by atoms with E-state index in [1.807, 2.05) is 46.9 Å². The Morgan fingerprint density at radius 1 is 0.929 bits per heavy atom. The Labute approximate surface area is 168 Å². The number of halogens is 2. The third-order valence-corrected chi connectivity index (χ3v) is 10.9. The highest BCUT2D eigenvalue weighted by molar-refractivity contribution is 6.77. The van der Waals surface area contributed by atoms with Crippen molar-refractivity contribution in [2.45, 2.75) is 110 Å². The second kappa shape index (κ2) is 9.52. The largest absolute Gasteiger partial charge is 0.479 e. The highest BCUT2D eigenvalue weighted by atomic mass is 28.4. The van der Waals surface area contributed by atoms with Gasteiger partial charge in [-0.3, -0.25) is 0 Å². The van der Waals surface area contributed by atoms with Crippen molar-refractivity contribution in [3.63, 3.8) is 0 Å². The van der Waals surface area contributed by atoms with Crippen LogP contribution in [-0.4, -0.2) is 49.2 Å². The number of alkyl carbamates (subject to hydrolysis) is 1. The molecule has 0 heterocycles. The molecule has 0 saturated heterocycles. The molecule has 0 aromatic rings. The molecule has 0 radical (unpaired) electrons. The number of amides is 1. The van der Waals surface area contributed by atoms with E-state index in [9.17, 15) is 23.5 Å². The monoisotopic (exact) mass is 425 g/mol. The molecule has 1 amide bonds. The molecule has 0 fully saturated rings. The van der Waals surface area contributed by atoms with Gasteiger partial charge in [-0.25, -0.2) is 18.4 Å². The van der Waals surface area contributed by atoms with Gasteiger partial charge in [-0.2, -0.15) is 0 Å². The van der Waals surface area contributed by atoms with E-state index < -0.39 is 44.0 Å². The molecule has 0 aromatic carbocycles. The number of ether oxygens (including phenoxy) is 1. The van der Waals surface area contributed by atoms with Crippen LogP contribution in [0.2, 0.25) is 16.6 Å². The molecule has 166 valence electrons. The lowest BCUT2D eigenvalue weighted by molar-refractivity contribution is -0.154. The number of hydrogen-bond donors (Lipinski definition) is 2. The average molecular weight is 426 g/mol. The quantitative estimate of drug-likeness (QED) is 0.497. The van der Waals surface area contributed by atoms with E-state index >= 15 is 0 Å². The predicted octanol–water partition coefficient (Wildman–Crippen LogP) is 5.18. The first-order valence-corrected chi connectivity index (χ1v) is 11.8. The number of carbonyl (C=O) groups is 2. The molecule has 9 heteroatoms. The summed E-state index contributed by atoms with van der Waals surface area (Å²) in [5.74, 6) is -5.08. The minimum atomic E-state index is -3.54. The van der Waals surface area contributed by atoms with Gasteiger partial charge < -0.3 is 19.6 Å². The maximum Gasteiger partial charge on any atom is 0.408 e. The van der Waals surface area contributed by atoms with Crippen LogP contribution in [0.1, 0.15) is 69.2 Å². The lowest BCUT2D eigenvalue weighted by Crippen LogP contribution is -2.62. The van der Waals surface area contributed by atoms with Gasteiger partial charge in [-0.1, -0.05) is 41.5 Å². The van der Waals surface area contributed by atoms with Gasteiger partial charge in [0, 0.05) is 6.92 Å². The van der Waals surface area contributed by atoms with Gasteiger partial charge in [0.15, 0.2) is 6.10 Å². The summed E-state index contributed by atoms with van der Waals surface area (Å²) in [6.45, 7) is 16.9. The molecular weight excluding hydrogens is 388 g/mol. The first-order valence-electron chi connectivity index (χ1n) is 9.64. The van der Waals surface area contributed by atoms with Crippen molar-refractivity contribution in [1.29, 1.82) is 0 Å². The Morgan fingerprint density at radius 2 is 1.32 bits per heavy atom. The summed E-state index contributed by atoms with van der Waals surface area (Å²) >= 11 is 0. The lowest BCUT2D eigenvalue weighted by Gasteiger charge is -2.45. The zero-order valence-corrected chi connectivity index (χ0v) is 19.7. The maximum absolute atomic E-state index is 14.4. The van der Waals surface area contributed by atoms with Gasteiger partial charge in [0.25, 0.3) is 5.92 Å². The molecule has 2 N–H and O–H groups in total. The Bertz CT molecular complexity index is 520. The zero-order valence-electron chi connectivity index (χ0n) is 18.7. The number of alkyl halides is 2. The van der Waals surface area contributed by atoms with Crippen LogP contribution < -0.4 is 5.32 Å². The molecule has 6 nitrogen and oxygen atoms in total. The number of rotatable bonds is 9. The van der Waals surface area contributed by atoms with Crippen LogP contribution in [-0.2, 0) is 14.0 Å². The fourth-order valence-electron chi connectivity index (χ4n) is 3.79. The molecule has 0 unspecified atom stereocenters. The van der Waals surface area contributed by atoms with Gasteiger partial charge in [-0.05, 0) is 37.4 Å². The summed E-state index contributed by atoms with van der Waals surface area (Å²) in [6, 6.07) is -2.07. The zero-order chi connectivity index (χ0) is 22.7. The van der Waals surface area contributed by atoms with Gasteiger partial charge in [0.05, 0.1) is 0 Å². The number of carbonyl (C=O) groups excluding carboxylic acids is 1. The number of nitrogens with one attached hydrogen (secondary N) is 1. The van der Waals surface area contributed by atoms with Crippen molar-refractivity contribution in [3.8, 4) is 0 Å². The summed E-state index contributed by atoms with van der Waals surface area (Å²) in [4.78, 5) is 24.1. The number of carboxylic acids is 1. The van der Waals surface area contributed by atoms with Crippen molar-refractivity contribution in [1.82, 2.24) is 5.32 Å². The van der Waals surface area contributed by atoms with Crippen LogP contribution in [0.25, 0.3) is 0 Å². The predicted molar refractivity (Wildman–Crippen MR) is 107 cm³/mol. The normalized spacial score (nSPS) is 15.7. The molecule has 0 aliphatic heterocycles. The summed E-state index contributed by atoms with van der Waals surface area (Å²) in [6.07, 6.45) is -3.01. The summed E-state index contributed by atoms with van der Waals surface area (Å²) in [5.41, 5.74) is -0.949. The highest BCUT2D eigenvalue weighted by Crippen LogP contribution is 2.44. The molecular formula is C19H37F2NO5Si. The molecule has 2 atom stereocenters. The molecule has 0 spiro atoms. The average Bonchev–Trinajstić information content (AvgIpc) is 2.41. The van der Waals surface area contributed by atoms with E-state index in [4.69, 9.17) is 9.16 Å². The summed E-state index contributed by atoms with van der Waals surface area (Å²) in [5, 5.41) is 11.8. The maximum atomic E-state index is 14.4. The molecule has 0 aliphatic rings. The number of aliphatic carboxylic acids is 1.